The topological polar surface area (TPSA) is 61.7 Å². The van der Waals surface area contributed by atoms with Gasteiger partial charge in [0.1, 0.15) is 17.6 Å². The van der Waals surface area contributed by atoms with Gasteiger partial charge in [0.15, 0.2) is 0 Å². The van der Waals surface area contributed by atoms with Crippen molar-refractivity contribution in [1.29, 1.82) is 5.26 Å². The van der Waals surface area contributed by atoms with Crippen molar-refractivity contribution in [3.8, 4) is 34.3 Å². The molecule has 2 aromatic carbocycles. The second-order valence-corrected chi connectivity index (χ2v) is 4.70. The molecule has 1 N–H and O–H groups in total. The highest BCUT2D eigenvalue weighted by molar-refractivity contribution is 5.69. The Bertz CT molecular complexity index is 847. The van der Waals surface area contributed by atoms with Gasteiger partial charge in [-0.3, -0.25) is 5.10 Å². The van der Waals surface area contributed by atoms with Crippen molar-refractivity contribution >= 4 is 0 Å². The quantitative estimate of drug-likeness (QED) is 0.799. The molecule has 0 spiro atoms. The van der Waals surface area contributed by atoms with Gasteiger partial charge in [0, 0.05) is 5.56 Å². The van der Waals surface area contributed by atoms with Crippen LogP contribution < -0.4 is 4.74 Å². The van der Waals surface area contributed by atoms with Crippen LogP contribution in [0.4, 0.5) is 4.39 Å². The van der Waals surface area contributed by atoms with E-state index in [1.807, 2.05) is 36.4 Å². The molecule has 1 heterocycles. The van der Waals surface area contributed by atoms with Gasteiger partial charge < -0.3 is 4.74 Å². The van der Waals surface area contributed by atoms with E-state index < -0.39 is 5.82 Å². The van der Waals surface area contributed by atoms with Gasteiger partial charge in [-0.2, -0.15) is 10.4 Å². The van der Waals surface area contributed by atoms with Gasteiger partial charge in [-0.1, -0.05) is 0 Å². The van der Waals surface area contributed by atoms with Crippen LogP contribution in [0.15, 0.2) is 48.5 Å². The van der Waals surface area contributed by atoms with E-state index in [9.17, 15) is 4.39 Å². The smallest absolute Gasteiger partial charge is 0.140 e. The van der Waals surface area contributed by atoms with Crippen LogP contribution in [0.25, 0.3) is 22.5 Å². The third-order valence-corrected chi connectivity index (χ3v) is 3.36. The number of ether oxygens (including phenoxy) is 1. The number of nitrogens with zero attached hydrogens (tertiary/aromatic N) is 2. The number of hydrogen-bond acceptors (Lipinski definition) is 3. The highest BCUT2D eigenvalue weighted by Gasteiger charge is 2.09. The standard InChI is InChI=1S/C17H12FN3O/c1-22-14-5-2-11(3-6-14)16-9-17(21-20-16)12-4-7-15(18)13(8-12)10-19/h2-9H,1H3,(H,20,21). The maximum atomic E-state index is 13.4. The monoisotopic (exact) mass is 293 g/mol. The molecule has 0 fully saturated rings. The minimum Gasteiger partial charge on any atom is -0.497 e. The average Bonchev–Trinajstić information content (AvgIpc) is 3.05. The molecule has 0 radical (unpaired) electrons. The number of benzene rings is 2. The minimum absolute atomic E-state index is 0.00602. The van der Waals surface area contributed by atoms with Crippen molar-refractivity contribution in [3.63, 3.8) is 0 Å². The summed E-state index contributed by atoms with van der Waals surface area (Å²) in [5.41, 5.74) is 3.14. The minimum atomic E-state index is -0.530. The number of aromatic amines is 1. The van der Waals surface area contributed by atoms with E-state index in [4.69, 9.17) is 10.00 Å². The van der Waals surface area contributed by atoms with E-state index in [0.29, 0.717) is 11.3 Å². The predicted octanol–water partition coefficient (Wildman–Crippen LogP) is 3.76. The number of H-pyrrole nitrogens is 1. The van der Waals surface area contributed by atoms with Gasteiger partial charge >= 0.3 is 0 Å². The summed E-state index contributed by atoms with van der Waals surface area (Å²) in [6, 6.07) is 15.6. The van der Waals surface area contributed by atoms with Gasteiger partial charge in [0.25, 0.3) is 0 Å². The first-order valence-corrected chi connectivity index (χ1v) is 6.61. The lowest BCUT2D eigenvalue weighted by Gasteiger charge is -2.00. The van der Waals surface area contributed by atoms with Crippen LogP contribution in [0.3, 0.4) is 0 Å². The number of nitrogens with one attached hydrogen (secondary N) is 1. The first kappa shape index (κ1) is 13.8. The fraction of sp³-hybridized carbons (Fsp3) is 0.0588. The van der Waals surface area contributed by atoms with Crippen LogP contribution >= 0.6 is 0 Å². The molecule has 0 aliphatic heterocycles. The second kappa shape index (κ2) is 5.70. The molecule has 0 saturated carbocycles. The van der Waals surface area contributed by atoms with E-state index in [0.717, 1.165) is 17.0 Å². The molecule has 3 aromatic rings. The summed E-state index contributed by atoms with van der Waals surface area (Å²) in [4.78, 5) is 0. The largest absolute Gasteiger partial charge is 0.497 e. The van der Waals surface area contributed by atoms with Gasteiger partial charge in [0.2, 0.25) is 0 Å². The van der Waals surface area contributed by atoms with E-state index in [2.05, 4.69) is 10.2 Å². The van der Waals surface area contributed by atoms with Gasteiger partial charge in [0.05, 0.1) is 24.1 Å². The average molecular weight is 293 g/mol. The van der Waals surface area contributed by atoms with Crippen molar-refractivity contribution in [2.45, 2.75) is 0 Å². The fourth-order valence-electron chi connectivity index (χ4n) is 2.16. The summed E-state index contributed by atoms with van der Waals surface area (Å²) in [5, 5.41) is 16.1. The predicted molar refractivity (Wildman–Crippen MR) is 80.7 cm³/mol. The summed E-state index contributed by atoms with van der Waals surface area (Å²) in [6.07, 6.45) is 0. The van der Waals surface area contributed by atoms with Gasteiger partial charge in [-0.05, 0) is 54.1 Å². The zero-order chi connectivity index (χ0) is 15.5. The number of hydrogen-bond donors (Lipinski definition) is 1. The molecule has 1 aromatic heterocycles. The highest BCUT2D eigenvalue weighted by Crippen LogP contribution is 2.26. The molecule has 0 aliphatic rings. The first-order valence-electron chi connectivity index (χ1n) is 6.61. The maximum Gasteiger partial charge on any atom is 0.140 e. The third kappa shape index (κ3) is 2.54. The van der Waals surface area contributed by atoms with Crippen molar-refractivity contribution in [2.75, 3.05) is 7.11 Å². The summed E-state index contributed by atoms with van der Waals surface area (Å²) in [6.45, 7) is 0. The molecule has 0 unspecified atom stereocenters. The molecule has 5 heteroatoms. The fourth-order valence-corrected chi connectivity index (χ4v) is 2.16. The SMILES string of the molecule is COc1ccc(-c2cc(-c3ccc(F)c(C#N)c3)n[nH]2)cc1. The number of aromatic nitrogens is 2. The van der Waals surface area contributed by atoms with Crippen LogP contribution in [0, 0.1) is 17.1 Å². The van der Waals surface area contributed by atoms with E-state index in [-0.39, 0.29) is 5.56 Å². The van der Waals surface area contributed by atoms with E-state index in [1.54, 1.807) is 13.2 Å². The summed E-state index contributed by atoms with van der Waals surface area (Å²) < 4.78 is 18.5. The van der Waals surface area contributed by atoms with Crippen LogP contribution in [-0.4, -0.2) is 17.3 Å². The number of nitriles is 1. The molecular weight excluding hydrogens is 281 g/mol. The molecular formula is C17H12FN3O. The van der Waals surface area contributed by atoms with Crippen LogP contribution in [0.1, 0.15) is 5.56 Å². The van der Waals surface area contributed by atoms with Gasteiger partial charge in [-0.15, -0.1) is 0 Å². The summed E-state index contributed by atoms with van der Waals surface area (Å²) in [5.74, 6) is 0.248. The van der Waals surface area contributed by atoms with E-state index in [1.165, 1.54) is 12.1 Å². The zero-order valence-corrected chi connectivity index (χ0v) is 11.8. The van der Waals surface area contributed by atoms with Crippen molar-refractivity contribution < 1.29 is 9.13 Å². The Morgan fingerprint density at radius 3 is 2.50 bits per heavy atom. The molecule has 22 heavy (non-hydrogen) atoms. The summed E-state index contributed by atoms with van der Waals surface area (Å²) >= 11 is 0. The molecule has 0 saturated heterocycles. The second-order valence-electron chi connectivity index (χ2n) is 4.70. The molecule has 0 aliphatic carbocycles. The van der Waals surface area contributed by atoms with Gasteiger partial charge in [-0.25, -0.2) is 4.39 Å². The maximum absolute atomic E-state index is 13.4. The molecule has 108 valence electrons. The lowest BCUT2D eigenvalue weighted by molar-refractivity contribution is 0.415. The molecule has 0 bridgehead atoms. The highest BCUT2D eigenvalue weighted by atomic mass is 19.1. The Kier molecular flexibility index (Phi) is 3.58. The zero-order valence-electron chi connectivity index (χ0n) is 11.8. The number of methoxy groups -OCH3 is 1. The lowest BCUT2D eigenvalue weighted by Crippen LogP contribution is -1.85. The number of rotatable bonds is 3. The van der Waals surface area contributed by atoms with Crippen molar-refractivity contribution in [3.05, 3.63) is 59.9 Å². The first-order chi connectivity index (χ1) is 10.7. The normalized spacial score (nSPS) is 10.2. The Labute approximate surface area is 126 Å². The van der Waals surface area contributed by atoms with Crippen molar-refractivity contribution in [1.82, 2.24) is 10.2 Å². The van der Waals surface area contributed by atoms with E-state index >= 15 is 0 Å². The Morgan fingerprint density at radius 1 is 1.09 bits per heavy atom. The molecule has 4 nitrogen and oxygen atoms in total. The van der Waals surface area contributed by atoms with Crippen LogP contribution in [0.5, 0.6) is 5.75 Å². The lowest BCUT2D eigenvalue weighted by atomic mass is 10.1. The molecule has 0 amide bonds. The van der Waals surface area contributed by atoms with Crippen LogP contribution in [-0.2, 0) is 0 Å². The Morgan fingerprint density at radius 2 is 1.82 bits per heavy atom. The molecule has 0 atom stereocenters. The Hall–Kier alpha value is -3.13. The van der Waals surface area contributed by atoms with Crippen LogP contribution in [0.2, 0.25) is 0 Å². The number of halogens is 1. The molecule has 3 rings (SSSR count). The Balaban J connectivity index is 1.95. The van der Waals surface area contributed by atoms with Crippen molar-refractivity contribution in [2.24, 2.45) is 0 Å². The summed E-state index contributed by atoms with van der Waals surface area (Å²) in [7, 11) is 1.62. The third-order valence-electron chi connectivity index (χ3n) is 3.36.